The van der Waals surface area contributed by atoms with E-state index in [4.69, 9.17) is 0 Å². The summed E-state index contributed by atoms with van der Waals surface area (Å²) >= 11 is 0. The number of anilines is 1. The topological polar surface area (TPSA) is 52.7 Å². The Morgan fingerprint density at radius 3 is 2.60 bits per heavy atom. The Hall–Kier alpha value is -2.96. The lowest BCUT2D eigenvalue weighted by atomic mass is 10.0. The van der Waals surface area contributed by atoms with Crippen LogP contribution in [0.25, 0.3) is 0 Å². The minimum absolute atomic E-state index is 0.0113. The Kier molecular flexibility index (Phi) is 5.70. The SMILES string of the molecule is CCN1c2cc(C(=O)NCc3cc(F)cc(F)c3)ccc2C(=O)N2CCCCC[C@H]21. The summed E-state index contributed by atoms with van der Waals surface area (Å²) in [6.45, 7) is 3.55. The van der Waals surface area contributed by atoms with Crippen molar-refractivity contribution >= 4 is 17.5 Å². The van der Waals surface area contributed by atoms with Crippen molar-refractivity contribution in [1.82, 2.24) is 10.2 Å². The molecule has 1 atom stereocenters. The lowest BCUT2D eigenvalue weighted by Crippen LogP contribution is -2.55. The van der Waals surface area contributed by atoms with Gasteiger partial charge in [0.15, 0.2) is 0 Å². The van der Waals surface area contributed by atoms with Gasteiger partial charge in [0.1, 0.15) is 17.8 Å². The lowest BCUT2D eigenvalue weighted by Gasteiger charge is -2.44. The van der Waals surface area contributed by atoms with E-state index in [-0.39, 0.29) is 24.5 Å². The van der Waals surface area contributed by atoms with Crippen molar-refractivity contribution in [2.45, 2.75) is 45.3 Å². The standard InChI is InChI=1S/C23H25F2N3O2/c1-2-27-20-12-16(22(29)26-14-15-10-17(24)13-18(25)11-15)7-8-19(20)23(30)28-9-5-3-4-6-21(27)28/h7-8,10-13,21H,2-6,9,14H2,1H3,(H,26,29)/t21-/m0/s1. The molecule has 1 saturated heterocycles. The number of nitrogens with one attached hydrogen (secondary N) is 1. The quantitative estimate of drug-likeness (QED) is 0.822. The number of carbonyl (C=O) groups excluding carboxylic acids is 2. The molecule has 2 amide bonds. The molecule has 7 heteroatoms. The predicted molar refractivity (Wildman–Crippen MR) is 110 cm³/mol. The van der Waals surface area contributed by atoms with Crippen molar-refractivity contribution in [3.05, 3.63) is 64.7 Å². The highest BCUT2D eigenvalue weighted by atomic mass is 19.1. The fraction of sp³-hybridized carbons (Fsp3) is 0.391. The van der Waals surface area contributed by atoms with Crippen LogP contribution in [0, 0.1) is 11.6 Å². The number of hydrogen-bond acceptors (Lipinski definition) is 3. The van der Waals surface area contributed by atoms with E-state index in [9.17, 15) is 18.4 Å². The molecule has 0 radical (unpaired) electrons. The van der Waals surface area contributed by atoms with Gasteiger partial charge in [-0.2, -0.15) is 0 Å². The maximum atomic E-state index is 13.4. The van der Waals surface area contributed by atoms with Gasteiger partial charge in [-0.05, 0) is 62.1 Å². The zero-order valence-electron chi connectivity index (χ0n) is 17.0. The van der Waals surface area contributed by atoms with Gasteiger partial charge >= 0.3 is 0 Å². The van der Waals surface area contributed by atoms with Crippen LogP contribution < -0.4 is 10.2 Å². The summed E-state index contributed by atoms with van der Waals surface area (Å²) in [7, 11) is 0. The molecule has 0 spiro atoms. The number of fused-ring (bicyclic) bond motifs is 2. The van der Waals surface area contributed by atoms with E-state index in [1.165, 1.54) is 12.1 Å². The van der Waals surface area contributed by atoms with Crippen LogP contribution in [0.2, 0.25) is 0 Å². The first kappa shape index (κ1) is 20.3. The first-order valence-electron chi connectivity index (χ1n) is 10.4. The third-order valence-electron chi connectivity index (χ3n) is 5.86. The average molecular weight is 413 g/mol. The maximum Gasteiger partial charge on any atom is 0.257 e. The molecule has 158 valence electrons. The van der Waals surface area contributed by atoms with Crippen LogP contribution in [-0.4, -0.2) is 36.0 Å². The molecule has 1 N–H and O–H groups in total. The molecule has 2 heterocycles. The summed E-state index contributed by atoms with van der Waals surface area (Å²) in [6.07, 6.45) is 4.13. The summed E-state index contributed by atoms with van der Waals surface area (Å²) < 4.78 is 26.7. The van der Waals surface area contributed by atoms with Gasteiger partial charge in [-0.3, -0.25) is 9.59 Å². The van der Waals surface area contributed by atoms with E-state index in [0.29, 0.717) is 16.7 Å². The maximum absolute atomic E-state index is 13.4. The zero-order chi connectivity index (χ0) is 21.3. The molecular weight excluding hydrogens is 388 g/mol. The Labute approximate surface area is 174 Å². The van der Waals surface area contributed by atoms with Crippen molar-refractivity contribution in [2.24, 2.45) is 0 Å². The van der Waals surface area contributed by atoms with Gasteiger partial charge < -0.3 is 15.1 Å². The third-order valence-corrected chi connectivity index (χ3v) is 5.86. The van der Waals surface area contributed by atoms with Crippen LogP contribution in [-0.2, 0) is 6.54 Å². The van der Waals surface area contributed by atoms with Crippen molar-refractivity contribution < 1.29 is 18.4 Å². The van der Waals surface area contributed by atoms with Gasteiger partial charge in [0.2, 0.25) is 0 Å². The van der Waals surface area contributed by atoms with Crippen molar-refractivity contribution in [1.29, 1.82) is 0 Å². The molecule has 0 saturated carbocycles. The number of carbonyl (C=O) groups is 2. The number of benzene rings is 2. The molecule has 0 aliphatic carbocycles. The van der Waals surface area contributed by atoms with E-state index in [1.807, 2.05) is 11.8 Å². The second-order valence-corrected chi connectivity index (χ2v) is 7.81. The molecular formula is C23H25F2N3O2. The highest BCUT2D eigenvalue weighted by Crippen LogP contribution is 2.35. The van der Waals surface area contributed by atoms with Gasteiger partial charge in [-0.25, -0.2) is 8.78 Å². The summed E-state index contributed by atoms with van der Waals surface area (Å²) in [5.41, 5.74) is 2.14. The number of halogens is 2. The second-order valence-electron chi connectivity index (χ2n) is 7.81. The molecule has 0 unspecified atom stereocenters. The molecule has 2 aromatic rings. The summed E-state index contributed by atoms with van der Waals surface area (Å²) in [5.74, 6) is -1.70. The number of rotatable bonds is 4. The Balaban J connectivity index is 1.57. The van der Waals surface area contributed by atoms with Crippen molar-refractivity contribution in [3.8, 4) is 0 Å². The normalized spacial score (nSPS) is 18.5. The largest absolute Gasteiger partial charge is 0.351 e. The minimum Gasteiger partial charge on any atom is -0.351 e. The molecule has 4 rings (SSSR count). The highest BCUT2D eigenvalue weighted by molar-refractivity contribution is 6.04. The van der Waals surface area contributed by atoms with Gasteiger partial charge in [0.25, 0.3) is 11.8 Å². The minimum atomic E-state index is -0.682. The van der Waals surface area contributed by atoms with E-state index < -0.39 is 11.6 Å². The lowest BCUT2D eigenvalue weighted by molar-refractivity contribution is 0.0656. The predicted octanol–water partition coefficient (Wildman–Crippen LogP) is 4.08. The Morgan fingerprint density at radius 1 is 1.10 bits per heavy atom. The van der Waals surface area contributed by atoms with Crippen LogP contribution in [0.4, 0.5) is 14.5 Å². The van der Waals surface area contributed by atoms with Crippen LogP contribution in [0.5, 0.6) is 0 Å². The number of hydrogen-bond donors (Lipinski definition) is 1. The molecule has 5 nitrogen and oxygen atoms in total. The van der Waals surface area contributed by atoms with E-state index in [2.05, 4.69) is 10.2 Å². The van der Waals surface area contributed by atoms with Crippen LogP contribution in [0.1, 0.15) is 58.9 Å². The molecule has 0 bridgehead atoms. The number of amides is 2. The zero-order valence-corrected chi connectivity index (χ0v) is 17.0. The second kappa shape index (κ2) is 8.42. The van der Waals surface area contributed by atoms with Crippen LogP contribution >= 0.6 is 0 Å². The van der Waals surface area contributed by atoms with Gasteiger partial charge in [0, 0.05) is 31.3 Å². The molecule has 0 aromatic heterocycles. The molecule has 2 aromatic carbocycles. The summed E-state index contributed by atoms with van der Waals surface area (Å²) in [4.78, 5) is 29.9. The summed E-state index contributed by atoms with van der Waals surface area (Å²) in [5, 5.41) is 2.70. The third kappa shape index (κ3) is 3.88. The monoisotopic (exact) mass is 413 g/mol. The fourth-order valence-corrected chi connectivity index (χ4v) is 4.44. The Morgan fingerprint density at radius 2 is 1.87 bits per heavy atom. The molecule has 1 fully saturated rings. The van der Waals surface area contributed by atoms with Crippen molar-refractivity contribution in [2.75, 3.05) is 18.0 Å². The smallest absolute Gasteiger partial charge is 0.257 e. The van der Waals surface area contributed by atoms with Crippen molar-refractivity contribution in [3.63, 3.8) is 0 Å². The van der Waals surface area contributed by atoms with E-state index >= 15 is 0 Å². The van der Waals surface area contributed by atoms with E-state index in [0.717, 1.165) is 50.5 Å². The molecule has 30 heavy (non-hydrogen) atoms. The average Bonchev–Trinajstić information content (AvgIpc) is 2.98. The van der Waals surface area contributed by atoms with Gasteiger partial charge in [-0.1, -0.05) is 6.42 Å². The van der Waals surface area contributed by atoms with Crippen LogP contribution in [0.3, 0.4) is 0 Å². The fourth-order valence-electron chi connectivity index (χ4n) is 4.44. The van der Waals surface area contributed by atoms with E-state index in [1.54, 1.807) is 18.2 Å². The molecule has 2 aliphatic heterocycles. The highest BCUT2D eigenvalue weighted by Gasteiger charge is 2.37. The molecule has 2 aliphatic rings. The first-order chi connectivity index (χ1) is 14.5. The van der Waals surface area contributed by atoms with Gasteiger partial charge in [-0.15, -0.1) is 0 Å². The Bertz CT molecular complexity index is 959. The van der Waals surface area contributed by atoms with Gasteiger partial charge in [0.05, 0.1) is 11.3 Å². The summed E-state index contributed by atoms with van der Waals surface area (Å²) in [6, 6.07) is 8.26. The van der Waals surface area contributed by atoms with Crippen LogP contribution in [0.15, 0.2) is 36.4 Å². The number of nitrogens with zero attached hydrogens (tertiary/aromatic N) is 2. The first-order valence-corrected chi connectivity index (χ1v) is 10.4.